The van der Waals surface area contributed by atoms with Gasteiger partial charge in [0.05, 0.1) is 18.7 Å². The van der Waals surface area contributed by atoms with Crippen LogP contribution in [0, 0.1) is 0 Å². The molecule has 108 valence electrons. The van der Waals surface area contributed by atoms with Crippen molar-refractivity contribution >= 4 is 28.3 Å². The number of thiazole rings is 1. The molecule has 0 bridgehead atoms. The van der Waals surface area contributed by atoms with Crippen molar-refractivity contribution in [2.24, 2.45) is 0 Å². The Morgan fingerprint density at radius 3 is 3.10 bits per heavy atom. The van der Waals surface area contributed by atoms with Gasteiger partial charge in [0, 0.05) is 17.4 Å². The minimum atomic E-state index is -0.947. The lowest BCUT2D eigenvalue weighted by Gasteiger charge is -2.04. The van der Waals surface area contributed by atoms with Crippen molar-refractivity contribution in [3.8, 4) is 5.75 Å². The van der Waals surface area contributed by atoms with Crippen LogP contribution in [0.1, 0.15) is 21.6 Å². The van der Waals surface area contributed by atoms with E-state index in [0.29, 0.717) is 23.0 Å². The van der Waals surface area contributed by atoms with E-state index in [1.165, 1.54) is 11.3 Å². The number of ether oxygens (including phenoxy) is 1. The van der Waals surface area contributed by atoms with Gasteiger partial charge in [-0.1, -0.05) is 0 Å². The van der Waals surface area contributed by atoms with Crippen molar-refractivity contribution in [1.29, 1.82) is 0 Å². The highest BCUT2D eigenvalue weighted by molar-refractivity contribution is 7.14. The smallest absolute Gasteiger partial charge is 0.309 e. The number of fused-ring (bicyclic) bond motifs is 1. The van der Waals surface area contributed by atoms with Crippen LogP contribution >= 0.6 is 11.3 Å². The van der Waals surface area contributed by atoms with Crippen molar-refractivity contribution in [3.05, 3.63) is 40.4 Å². The number of anilines is 1. The molecular formula is C14H12N2O4S. The number of hydrogen-bond donors (Lipinski definition) is 2. The Bertz CT molecular complexity index is 711. The Kier molecular flexibility index (Phi) is 3.57. The van der Waals surface area contributed by atoms with Crippen molar-refractivity contribution < 1.29 is 19.4 Å². The summed E-state index contributed by atoms with van der Waals surface area (Å²) in [5.74, 6) is -0.387. The second kappa shape index (κ2) is 5.53. The molecule has 1 aliphatic rings. The van der Waals surface area contributed by atoms with Crippen LogP contribution in [0.3, 0.4) is 0 Å². The number of benzene rings is 1. The van der Waals surface area contributed by atoms with Crippen molar-refractivity contribution in [3.63, 3.8) is 0 Å². The minimum Gasteiger partial charge on any atom is -0.493 e. The number of rotatable bonds is 4. The number of aromatic nitrogens is 1. The fraction of sp³-hybridized carbons (Fsp3) is 0.214. The summed E-state index contributed by atoms with van der Waals surface area (Å²) >= 11 is 1.21. The van der Waals surface area contributed by atoms with E-state index in [9.17, 15) is 9.59 Å². The first-order chi connectivity index (χ1) is 10.1. The lowest BCUT2D eigenvalue weighted by Crippen LogP contribution is -2.12. The van der Waals surface area contributed by atoms with E-state index >= 15 is 0 Å². The predicted molar refractivity (Wildman–Crippen MR) is 77.0 cm³/mol. The number of carboxylic acids is 1. The zero-order valence-electron chi connectivity index (χ0n) is 11.0. The fourth-order valence-corrected chi connectivity index (χ4v) is 2.80. The minimum absolute atomic E-state index is 0.150. The zero-order valence-corrected chi connectivity index (χ0v) is 11.8. The highest BCUT2D eigenvalue weighted by atomic mass is 32.1. The van der Waals surface area contributed by atoms with E-state index in [1.807, 2.05) is 6.07 Å². The first kappa shape index (κ1) is 13.6. The quantitative estimate of drug-likeness (QED) is 0.901. The van der Waals surface area contributed by atoms with Crippen LogP contribution in [0.25, 0.3) is 0 Å². The number of nitrogens with zero attached hydrogens (tertiary/aromatic N) is 1. The molecule has 0 fully saturated rings. The molecule has 1 aromatic heterocycles. The summed E-state index contributed by atoms with van der Waals surface area (Å²) in [5, 5.41) is 13.4. The Morgan fingerprint density at radius 2 is 2.29 bits per heavy atom. The van der Waals surface area contributed by atoms with Crippen molar-refractivity contribution in [1.82, 2.24) is 4.98 Å². The topological polar surface area (TPSA) is 88.5 Å². The van der Waals surface area contributed by atoms with E-state index in [1.54, 1.807) is 17.5 Å². The summed E-state index contributed by atoms with van der Waals surface area (Å²) in [6.07, 6.45) is 0.652. The lowest BCUT2D eigenvalue weighted by molar-refractivity contribution is -0.136. The molecule has 0 radical (unpaired) electrons. The molecule has 0 unspecified atom stereocenters. The molecule has 0 atom stereocenters. The van der Waals surface area contributed by atoms with Gasteiger partial charge in [-0.15, -0.1) is 11.3 Å². The standard InChI is InChI=1S/C14H12N2O4S/c17-12(18)6-10-7-21-14(15-10)16-13(19)9-1-2-11-8(5-9)3-4-20-11/h1-2,5,7H,3-4,6H2,(H,17,18)(H,15,16,19). The molecule has 21 heavy (non-hydrogen) atoms. The van der Waals surface area contributed by atoms with Gasteiger partial charge < -0.3 is 9.84 Å². The molecule has 1 aromatic carbocycles. The van der Waals surface area contributed by atoms with Gasteiger partial charge in [-0.2, -0.15) is 0 Å². The number of nitrogens with one attached hydrogen (secondary N) is 1. The van der Waals surface area contributed by atoms with E-state index in [2.05, 4.69) is 10.3 Å². The number of aliphatic carboxylic acids is 1. The van der Waals surface area contributed by atoms with Crippen LogP contribution < -0.4 is 10.1 Å². The molecule has 0 saturated heterocycles. The number of carbonyl (C=O) groups excluding carboxylic acids is 1. The summed E-state index contributed by atoms with van der Waals surface area (Å²) in [6.45, 7) is 0.644. The molecular weight excluding hydrogens is 292 g/mol. The summed E-state index contributed by atoms with van der Waals surface area (Å²) in [4.78, 5) is 26.8. The van der Waals surface area contributed by atoms with Gasteiger partial charge in [-0.3, -0.25) is 14.9 Å². The molecule has 0 aliphatic carbocycles. The van der Waals surface area contributed by atoms with E-state index < -0.39 is 5.97 Å². The Labute approximate surface area is 124 Å². The van der Waals surface area contributed by atoms with E-state index in [0.717, 1.165) is 17.7 Å². The normalized spacial score (nSPS) is 12.6. The average molecular weight is 304 g/mol. The molecule has 2 aromatic rings. The summed E-state index contributed by atoms with van der Waals surface area (Å²) in [7, 11) is 0. The summed E-state index contributed by atoms with van der Waals surface area (Å²) in [5.41, 5.74) is 1.99. The van der Waals surface area contributed by atoms with Crippen LogP contribution in [-0.2, 0) is 17.6 Å². The second-order valence-electron chi connectivity index (χ2n) is 4.59. The molecule has 7 heteroatoms. The Hall–Kier alpha value is -2.41. The zero-order chi connectivity index (χ0) is 14.8. The maximum atomic E-state index is 12.1. The third-order valence-corrected chi connectivity index (χ3v) is 3.86. The second-order valence-corrected chi connectivity index (χ2v) is 5.45. The van der Waals surface area contributed by atoms with Crippen molar-refractivity contribution in [2.45, 2.75) is 12.8 Å². The maximum Gasteiger partial charge on any atom is 0.309 e. The van der Waals surface area contributed by atoms with Gasteiger partial charge in [-0.05, 0) is 23.8 Å². The molecule has 1 aliphatic heterocycles. The average Bonchev–Trinajstić information content (AvgIpc) is 3.06. The third-order valence-electron chi connectivity index (χ3n) is 3.06. The van der Waals surface area contributed by atoms with Crippen LogP contribution in [0.2, 0.25) is 0 Å². The van der Waals surface area contributed by atoms with E-state index in [-0.39, 0.29) is 12.3 Å². The van der Waals surface area contributed by atoms with Crippen LogP contribution in [0.5, 0.6) is 5.75 Å². The van der Waals surface area contributed by atoms with Crippen LogP contribution in [-0.4, -0.2) is 28.6 Å². The highest BCUT2D eigenvalue weighted by Gasteiger charge is 2.16. The lowest BCUT2D eigenvalue weighted by atomic mass is 10.1. The largest absolute Gasteiger partial charge is 0.493 e. The number of hydrogen-bond acceptors (Lipinski definition) is 5. The third kappa shape index (κ3) is 3.03. The van der Waals surface area contributed by atoms with Crippen molar-refractivity contribution in [2.75, 3.05) is 11.9 Å². The number of carboxylic acid groups (broad SMARTS) is 1. The van der Waals surface area contributed by atoms with Gasteiger partial charge in [0.15, 0.2) is 5.13 Å². The van der Waals surface area contributed by atoms with Gasteiger partial charge in [0.25, 0.3) is 5.91 Å². The van der Waals surface area contributed by atoms with Gasteiger partial charge in [0.2, 0.25) is 0 Å². The van der Waals surface area contributed by atoms with Gasteiger partial charge in [0.1, 0.15) is 5.75 Å². The summed E-state index contributed by atoms with van der Waals surface area (Å²) < 4.78 is 5.39. The SMILES string of the molecule is O=C(O)Cc1csc(NC(=O)c2ccc3c(c2)CCO3)n1. The highest BCUT2D eigenvalue weighted by Crippen LogP contribution is 2.26. The van der Waals surface area contributed by atoms with Gasteiger partial charge in [-0.25, -0.2) is 4.98 Å². The first-order valence-corrected chi connectivity index (χ1v) is 7.23. The van der Waals surface area contributed by atoms with Crippen LogP contribution in [0.4, 0.5) is 5.13 Å². The van der Waals surface area contributed by atoms with E-state index in [4.69, 9.17) is 9.84 Å². The molecule has 2 N–H and O–H groups in total. The molecule has 1 amide bonds. The van der Waals surface area contributed by atoms with Gasteiger partial charge >= 0.3 is 5.97 Å². The summed E-state index contributed by atoms with van der Waals surface area (Å²) in [6, 6.07) is 5.30. The Morgan fingerprint density at radius 1 is 1.43 bits per heavy atom. The molecule has 6 nitrogen and oxygen atoms in total. The maximum absolute atomic E-state index is 12.1. The first-order valence-electron chi connectivity index (χ1n) is 6.35. The molecule has 0 saturated carbocycles. The van der Waals surface area contributed by atoms with Crippen LogP contribution in [0.15, 0.2) is 23.6 Å². The fourth-order valence-electron chi connectivity index (χ4n) is 2.10. The predicted octanol–water partition coefficient (Wildman–Crippen LogP) is 1.96. The Balaban J connectivity index is 1.71. The number of carbonyl (C=O) groups is 2. The molecule has 3 rings (SSSR count). The monoisotopic (exact) mass is 304 g/mol. The number of amides is 1. The molecule has 0 spiro atoms. The molecule has 2 heterocycles.